The first kappa shape index (κ1) is 15.8. The van der Waals surface area contributed by atoms with Crippen LogP contribution in [0.15, 0.2) is 42.5 Å². The fraction of sp³-hybridized carbons (Fsp3) is 0.294. The molecular weight excluding hydrogens is 289 g/mol. The highest BCUT2D eigenvalue weighted by molar-refractivity contribution is 6.31. The lowest BCUT2D eigenvalue weighted by Crippen LogP contribution is -2.24. The second kappa shape index (κ2) is 7.43. The van der Waals surface area contributed by atoms with Crippen LogP contribution in [-0.4, -0.2) is 13.7 Å². The number of nitrogens with one attached hydrogen (secondary N) is 1. The molecule has 0 spiro atoms. The van der Waals surface area contributed by atoms with Gasteiger partial charge in [-0.3, -0.25) is 0 Å². The van der Waals surface area contributed by atoms with Crippen LogP contribution in [0.2, 0.25) is 5.02 Å². The van der Waals surface area contributed by atoms with Gasteiger partial charge in [-0.05, 0) is 42.8 Å². The van der Waals surface area contributed by atoms with Crippen LogP contribution >= 0.6 is 11.6 Å². The van der Waals surface area contributed by atoms with Crippen molar-refractivity contribution < 1.29 is 9.13 Å². The van der Waals surface area contributed by atoms with Crippen LogP contribution in [0.5, 0.6) is 5.75 Å². The summed E-state index contributed by atoms with van der Waals surface area (Å²) >= 11 is 6.31. The highest BCUT2D eigenvalue weighted by Crippen LogP contribution is 2.34. The summed E-state index contributed by atoms with van der Waals surface area (Å²) in [5.41, 5.74) is 1.66. The molecule has 2 aromatic carbocycles. The van der Waals surface area contributed by atoms with E-state index in [1.165, 1.54) is 12.1 Å². The van der Waals surface area contributed by atoms with Crippen LogP contribution in [0.3, 0.4) is 0 Å². The molecule has 0 saturated heterocycles. The van der Waals surface area contributed by atoms with Gasteiger partial charge in [-0.15, -0.1) is 0 Å². The van der Waals surface area contributed by atoms with Crippen molar-refractivity contribution in [2.75, 3.05) is 13.7 Å². The predicted octanol–water partition coefficient (Wildman–Crippen LogP) is 4.58. The molecule has 0 heterocycles. The predicted molar refractivity (Wildman–Crippen MR) is 84.5 cm³/mol. The van der Waals surface area contributed by atoms with Gasteiger partial charge in [0.2, 0.25) is 0 Å². The summed E-state index contributed by atoms with van der Waals surface area (Å²) in [6.07, 6.45) is 0.971. The van der Waals surface area contributed by atoms with E-state index in [9.17, 15) is 4.39 Å². The zero-order valence-corrected chi connectivity index (χ0v) is 13.0. The van der Waals surface area contributed by atoms with Crippen molar-refractivity contribution in [1.82, 2.24) is 5.32 Å². The van der Waals surface area contributed by atoms with Crippen molar-refractivity contribution in [3.05, 3.63) is 64.4 Å². The van der Waals surface area contributed by atoms with E-state index in [0.717, 1.165) is 24.1 Å². The Bertz CT molecular complexity index is 603. The van der Waals surface area contributed by atoms with Gasteiger partial charge in [-0.1, -0.05) is 36.7 Å². The summed E-state index contributed by atoms with van der Waals surface area (Å²) in [4.78, 5) is 0. The Labute approximate surface area is 129 Å². The molecule has 2 nitrogen and oxygen atoms in total. The van der Waals surface area contributed by atoms with Gasteiger partial charge >= 0.3 is 0 Å². The maximum Gasteiger partial charge on any atom is 0.124 e. The van der Waals surface area contributed by atoms with Gasteiger partial charge in [-0.25, -0.2) is 4.39 Å². The summed E-state index contributed by atoms with van der Waals surface area (Å²) in [7, 11) is 1.58. The van der Waals surface area contributed by atoms with Crippen molar-refractivity contribution in [2.24, 2.45) is 0 Å². The second-order valence-corrected chi connectivity index (χ2v) is 5.20. The van der Waals surface area contributed by atoms with Crippen molar-refractivity contribution in [3.8, 4) is 5.75 Å². The lowest BCUT2D eigenvalue weighted by molar-refractivity contribution is 0.402. The smallest absolute Gasteiger partial charge is 0.124 e. The van der Waals surface area contributed by atoms with Gasteiger partial charge in [0.1, 0.15) is 11.6 Å². The molecule has 0 aliphatic heterocycles. The fourth-order valence-electron chi connectivity index (χ4n) is 2.32. The largest absolute Gasteiger partial charge is 0.496 e. The first-order valence-electron chi connectivity index (χ1n) is 6.98. The quantitative estimate of drug-likeness (QED) is 0.843. The number of methoxy groups -OCH3 is 1. The molecule has 0 saturated carbocycles. The van der Waals surface area contributed by atoms with Crippen LogP contribution in [0.4, 0.5) is 4.39 Å². The summed E-state index contributed by atoms with van der Waals surface area (Å²) in [6.45, 7) is 2.88. The summed E-state index contributed by atoms with van der Waals surface area (Å²) in [5, 5.41) is 4.06. The molecule has 0 aliphatic carbocycles. The Morgan fingerprint density at radius 3 is 2.62 bits per heavy atom. The zero-order chi connectivity index (χ0) is 15.2. The van der Waals surface area contributed by atoms with Gasteiger partial charge in [0, 0.05) is 10.6 Å². The molecule has 0 amide bonds. The lowest BCUT2D eigenvalue weighted by atomic mass is 9.97. The molecule has 1 N–H and O–H groups in total. The van der Waals surface area contributed by atoms with Crippen LogP contribution in [-0.2, 0) is 0 Å². The number of hydrogen-bond donors (Lipinski definition) is 1. The number of hydrogen-bond acceptors (Lipinski definition) is 2. The minimum atomic E-state index is -0.291. The van der Waals surface area contributed by atoms with Crippen molar-refractivity contribution in [3.63, 3.8) is 0 Å². The molecule has 0 radical (unpaired) electrons. The van der Waals surface area contributed by atoms with E-state index in [1.807, 2.05) is 24.3 Å². The number of halogens is 2. The topological polar surface area (TPSA) is 21.3 Å². The molecule has 2 aromatic rings. The van der Waals surface area contributed by atoms with Crippen LogP contribution in [0.25, 0.3) is 0 Å². The molecule has 2 rings (SSSR count). The van der Waals surface area contributed by atoms with Gasteiger partial charge in [0.25, 0.3) is 0 Å². The average molecular weight is 308 g/mol. The number of ether oxygens (including phenoxy) is 1. The molecule has 0 bridgehead atoms. The minimum absolute atomic E-state index is 0.204. The Kier molecular flexibility index (Phi) is 5.59. The Morgan fingerprint density at radius 2 is 1.95 bits per heavy atom. The minimum Gasteiger partial charge on any atom is -0.496 e. The van der Waals surface area contributed by atoms with E-state index in [2.05, 4.69) is 12.2 Å². The lowest BCUT2D eigenvalue weighted by Gasteiger charge is -2.22. The highest BCUT2D eigenvalue weighted by atomic mass is 35.5. The fourth-order valence-corrected chi connectivity index (χ4v) is 2.56. The highest BCUT2D eigenvalue weighted by Gasteiger charge is 2.20. The van der Waals surface area contributed by atoms with Crippen LogP contribution < -0.4 is 10.1 Å². The molecule has 4 heteroatoms. The monoisotopic (exact) mass is 307 g/mol. The normalized spacial score (nSPS) is 12.2. The molecule has 0 fully saturated rings. The van der Waals surface area contributed by atoms with Crippen molar-refractivity contribution in [2.45, 2.75) is 19.4 Å². The maximum absolute atomic E-state index is 13.7. The van der Waals surface area contributed by atoms with E-state index in [4.69, 9.17) is 16.3 Å². The van der Waals surface area contributed by atoms with E-state index < -0.39 is 0 Å². The zero-order valence-electron chi connectivity index (χ0n) is 12.2. The van der Waals surface area contributed by atoms with Crippen molar-refractivity contribution in [1.29, 1.82) is 0 Å². The SMILES string of the molecule is CCCNC(c1ccccc1Cl)c1cc(F)ccc1OC. The Morgan fingerprint density at radius 1 is 1.19 bits per heavy atom. The second-order valence-electron chi connectivity index (χ2n) is 4.79. The molecule has 21 heavy (non-hydrogen) atoms. The third kappa shape index (κ3) is 3.74. The van der Waals surface area contributed by atoms with E-state index in [1.54, 1.807) is 13.2 Å². The van der Waals surface area contributed by atoms with Gasteiger partial charge < -0.3 is 10.1 Å². The first-order valence-corrected chi connectivity index (χ1v) is 7.36. The number of rotatable bonds is 6. The third-order valence-corrected chi connectivity index (χ3v) is 3.66. The molecule has 112 valence electrons. The Balaban J connectivity index is 2.50. The Hall–Kier alpha value is -1.58. The molecule has 1 unspecified atom stereocenters. The first-order chi connectivity index (χ1) is 10.2. The molecule has 1 atom stereocenters. The van der Waals surface area contributed by atoms with Crippen LogP contribution in [0.1, 0.15) is 30.5 Å². The van der Waals surface area contributed by atoms with Gasteiger partial charge in [0.15, 0.2) is 0 Å². The maximum atomic E-state index is 13.7. The van der Waals surface area contributed by atoms with Crippen LogP contribution in [0, 0.1) is 5.82 Å². The van der Waals surface area contributed by atoms with E-state index in [0.29, 0.717) is 10.8 Å². The molecule has 0 aliphatic rings. The molecule has 0 aromatic heterocycles. The number of benzene rings is 2. The van der Waals surface area contributed by atoms with E-state index >= 15 is 0 Å². The van der Waals surface area contributed by atoms with Gasteiger partial charge in [-0.2, -0.15) is 0 Å². The standard InChI is InChI=1S/C17H19ClFNO/c1-3-10-20-17(13-6-4-5-7-15(13)18)14-11-12(19)8-9-16(14)21-2/h4-9,11,17,20H,3,10H2,1-2H3. The van der Waals surface area contributed by atoms with E-state index in [-0.39, 0.29) is 11.9 Å². The third-order valence-electron chi connectivity index (χ3n) is 3.32. The summed E-state index contributed by atoms with van der Waals surface area (Å²) in [6, 6.07) is 11.9. The van der Waals surface area contributed by atoms with Crippen molar-refractivity contribution >= 4 is 11.6 Å². The molecular formula is C17H19ClFNO. The summed E-state index contributed by atoms with van der Waals surface area (Å²) in [5.74, 6) is 0.353. The summed E-state index contributed by atoms with van der Waals surface area (Å²) < 4.78 is 19.0. The van der Waals surface area contributed by atoms with Gasteiger partial charge in [0.05, 0.1) is 13.2 Å². The average Bonchev–Trinajstić information content (AvgIpc) is 2.49.